The van der Waals surface area contributed by atoms with Crippen LogP contribution in [0.15, 0.2) is 46.1 Å². The Kier molecular flexibility index (Phi) is 9.03. The van der Waals surface area contributed by atoms with E-state index in [-0.39, 0.29) is 24.9 Å². The molecule has 2 heterocycles. The fourth-order valence-corrected chi connectivity index (χ4v) is 4.84. The summed E-state index contributed by atoms with van der Waals surface area (Å²) in [5, 5.41) is 2.68. The molecule has 1 aromatic carbocycles. The minimum atomic E-state index is -4.12. The summed E-state index contributed by atoms with van der Waals surface area (Å²) in [5.74, 6) is -0.267. The van der Waals surface area contributed by atoms with Crippen LogP contribution in [0.25, 0.3) is 0 Å². The van der Waals surface area contributed by atoms with Gasteiger partial charge in [0.05, 0.1) is 13.7 Å². The molecule has 192 valence electrons. The van der Waals surface area contributed by atoms with Gasteiger partial charge < -0.3 is 18.7 Å². The molecule has 1 aliphatic heterocycles. The van der Waals surface area contributed by atoms with E-state index in [9.17, 15) is 18.9 Å². The number of hydrogen-bond acceptors (Lipinski definition) is 9. The van der Waals surface area contributed by atoms with E-state index in [1.807, 2.05) is 13.8 Å². The first kappa shape index (κ1) is 26.8. The predicted octanol–water partition coefficient (Wildman–Crippen LogP) is 2.10. The number of H-pyrrole nitrogens is 1. The summed E-state index contributed by atoms with van der Waals surface area (Å²) in [6.45, 7) is 5.03. The van der Waals surface area contributed by atoms with Crippen molar-refractivity contribution in [1.29, 1.82) is 0 Å². The van der Waals surface area contributed by atoms with E-state index in [0.29, 0.717) is 12.0 Å². The number of nitrogens with one attached hydrogen (secondary N) is 2. The lowest BCUT2D eigenvalue weighted by Gasteiger charge is -2.25. The number of carbonyl (C=O) groups is 1. The number of methoxy groups -OCH3 is 1. The Morgan fingerprint density at radius 1 is 1.29 bits per heavy atom. The van der Waals surface area contributed by atoms with Crippen LogP contribution in [0.4, 0.5) is 0 Å². The number of aromatic nitrogens is 2. The minimum absolute atomic E-state index is 0.00513. The molecule has 0 saturated carbocycles. The summed E-state index contributed by atoms with van der Waals surface area (Å²) in [6, 6.07) is 7.40. The van der Waals surface area contributed by atoms with Gasteiger partial charge in [0.15, 0.2) is 12.5 Å². The number of benzene rings is 1. The van der Waals surface area contributed by atoms with E-state index in [1.54, 1.807) is 37.3 Å². The number of ether oxygens (including phenoxy) is 3. The second-order valence-corrected chi connectivity index (χ2v) is 10.1. The molecule has 1 aliphatic rings. The molecule has 1 saturated heterocycles. The maximum Gasteiger partial charge on any atom is 0.459 e. The molecule has 2 unspecified atom stereocenters. The first-order valence-corrected chi connectivity index (χ1v) is 12.6. The van der Waals surface area contributed by atoms with E-state index in [4.69, 9.17) is 23.3 Å². The first-order valence-electron chi connectivity index (χ1n) is 11.0. The summed E-state index contributed by atoms with van der Waals surface area (Å²) in [6.07, 6.45) is -0.116. The number of aromatic amines is 1. The number of hydrogen-bond donors (Lipinski definition) is 2. The summed E-state index contributed by atoms with van der Waals surface area (Å²) in [5.41, 5.74) is -0.807. The summed E-state index contributed by atoms with van der Waals surface area (Å²) < 4.78 is 42.2. The van der Waals surface area contributed by atoms with Crippen LogP contribution in [0.3, 0.4) is 0 Å². The highest BCUT2D eigenvalue weighted by Gasteiger charge is 2.37. The average molecular weight is 511 g/mol. The van der Waals surface area contributed by atoms with Crippen LogP contribution in [0, 0.1) is 12.8 Å². The molecule has 1 aromatic heterocycles. The highest BCUT2D eigenvalue weighted by molar-refractivity contribution is 7.52. The summed E-state index contributed by atoms with van der Waals surface area (Å²) >= 11 is 0. The zero-order chi connectivity index (χ0) is 25.6. The van der Waals surface area contributed by atoms with Gasteiger partial charge in [0, 0.05) is 11.8 Å². The summed E-state index contributed by atoms with van der Waals surface area (Å²) in [7, 11) is -2.88. The SMILES string of the molecule is COC(=O)C(CC(C)C)NP(=O)(OC[C@@H]1OC[C@H](n2cc(C)c(=O)[nH]c2=O)O1)Oc1ccccc1. The molecule has 3 rings (SSSR count). The van der Waals surface area contributed by atoms with Crippen molar-refractivity contribution in [3.8, 4) is 5.75 Å². The molecule has 1 fully saturated rings. The van der Waals surface area contributed by atoms with Gasteiger partial charge in [-0.25, -0.2) is 9.36 Å². The van der Waals surface area contributed by atoms with Crippen molar-refractivity contribution in [3.63, 3.8) is 0 Å². The average Bonchev–Trinajstić information content (AvgIpc) is 3.28. The largest absolute Gasteiger partial charge is 0.468 e. The fraction of sp³-hybridized carbons (Fsp3) is 0.500. The third-order valence-electron chi connectivity index (χ3n) is 5.05. The molecule has 0 bridgehead atoms. The molecular formula is C22H30N3O9P. The Morgan fingerprint density at radius 2 is 2.00 bits per heavy atom. The Balaban J connectivity index is 1.73. The van der Waals surface area contributed by atoms with Crippen LogP contribution in [-0.2, 0) is 28.1 Å². The molecule has 4 atom stereocenters. The third-order valence-corrected chi connectivity index (χ3v) is 6.61. The van der Waals surface area contributed by atoms with E-state index in [1.165, 1.54) is 17.9 Å². The van der Waals surface area contributed by atoms with Gasteiger partial charge in [-0.1, -0.05) is 32.0 Å². The molecule has 0 aliphatic carbocycles. The van der Waals surface area contributed by atoms with E-state index < -0.39 is 43.5 Å². The number of nitrogens with zero attached hydrogens (tertiary/aromatic N) is 1. The van der Waals surface area contributed by atoms with Crippen molar-refractivity contribution in [3.05, 3.63) is 62.9 Å². The minimum Gasteiger partial charge on any atom is -0.468 e. The van der Waals surface area contributed by atoms with Gasteiger partial charge >= 0.3 is 19.4 Å². The van der Waals surface area contributed by atoms with Crippen LogP contribution in [0.2, 0.25) is 0 Å². The number of esters is 1. The third kappa shape index (κ3) is 7.36. The fourth-order valence-electron chi connectivity index (χ4n) is 3.35. The van der Waals surface area contributed by atoms with Gasteiger partial charge in [0.25, 0.3) is 5.56 Å². The Bertz CT molecular complexity index is 1160. The van der Waals surface area contributed by atoms with Crippen LogP contribution >= 0.6 is 7.75 Å². The zero-order valence-corrected chi connectivity index (χ0v) is 20.9. The Hall–Kier alpha value is -2.76. The number of para-hydroxylation sites is 1. The van der Waals surface area contributed by atoms with E-state index >= 15 is 0 Å². The van der Waals surface area contributed by atoms with Gasteiger partial charge in [0.1, 0.15) is 18.4 Å². The van der Waals surface area contributed by atoms with Crippen LogP contribution in [-0.4, -0.2) is 48.2 Å². The predicted molar refractivity (Wildman–Crippen MR) is 125 cm³/mol. The maximum absolute atomic E-state index is 13.7. The maximum atomic E-state index is 13.7. The number of carbonyl (C=O) groups excluding carboxylic acids is 1. The lowest BCUT2D eigenvalue weighted by Crippen LogP contribution is -2.38. The van der Waals surface area contributed by atoms with Gasteiger partial charge in [0.2, 0.25) is 0 Å². The molecule has 0 amide bonds. The first-order chi connectivity index (χ1) is 16.6. The number of aryl methyl sites for hydroxylation is 1. The van der Waals surface area contributed by atoms with Gasteiger partial charge in [-0.05, 0) is 31.4 Å². The molecule has 35 heavy (non-hydrogen) atoms. The molecule has 2 N–H and O–H groups in total. The second-order valence-electron chi connectivity index (χ2n) is 8.36. The van der Waals surface area contributed by atoms with Crippen molar-refractivity contribution >= 4 is 13.7 Å². The van der Waals surface area contributed by atoms with Gasteiger partial charge in [-0.15, -0.1) is 0 Å². The molecule has 12 nitrogen and oxygen atoms in total. The van der Waals surface area contributed by atoms with E-state index in [2.05, 4.69) is 10.1 Å². The lowest BCUT2D eigenvalue weighted by atomic mass is 10.1. The van der Waals surface area contributed by atoms with E-state index in [0.717, 1.165) is 0 Å². The van der Waals surface area contributed by atoms with Crippen molar-refractivity contribution in [2.75, 3.05) is 20.3 Å². The topological polar surface area (TPSA) is 147 Å². The van der Waals surface area contributed by atoms with Crippen LogP contribution < -0.4 is 20.9 Å². The summed E-state index contributed by atoms with van der Waals surface area (Å²) in [4.78, 5) is 38.2. The normalized spacial score (nSPS) is 20.4. The zero-order valence-electron chi connectivity index (χ0n) is 20.0. The molecule has 2 aromatic rings. The van der Waals surface area contributed by atoms with Crippen LogP contribution in [0.1, 0.15) is 32.1 Å². The van der Waals surface area contributed by atoms with Crippen molar-refractivity contribution in [1.82, 2.24) is 14.6 Å². The van der Waals surface area contributed by atoms with Gasteiger partial charge in [-0.3, -0.25) is 23.7 Å². The second kappa shape index (κ2) is 11.8. The molecule has 0 spiro atoms. The standard InChI is InChI=1S/C22H30N3O9P/c1-14(2)10-17(21(27)30-4)24-35(29,34-16-8-6-5-7-9-16)32-13-19-31-12-18(33-19)25-11-15(3)20(26)23-22(25)28/h5-9,11,14,17-19H,10,12-13H2,1-4H3,(H,24,29)(H,23,26,28)/t17?,18-,19-,35?/m1/s1. The highest BCUT2D eigenvalue weighted by atomic mass is 31.2. The quantitative estimate of drug-likeness (QED) is 0.339. The van der Waals surface area contributed by atoms with Crippen molar-refractivity contribution in [2.45, 2.75) is 45.8 Å². The van der Waals surface area contributed by atoms with Gasteiger partial charge in [-0.2, -0.15) is 5.09 Å². The van der Waals surface area contributed by atoms with Crippen molar-refractivity contribution < 1.29 is 32.6 Å². The smallest absolute Gasteiger partial charge is 0.459 e. The van der Waals surface area contributed by atoms with Crippen LogP contribution in [0.5, 0.6) is 5.75 Å². The molecule has 0 radical (unpaired) electrons. The lowest BCUT2D eigenvalue weighted by molar-refractivity contribution is -0.143. The highest BCUT2D eigenvalue weighted by Crippen LogP contribution is 2.46. The molecular weight excluding hydrogens is 481 g/mol. The van der Waals surface area contributed by atoms with Crippen molar-refractivity contribution in [2.24, 2.45) is 5.92 Å². The number of rotatable bonds is 11. The monoisotopic (exact) mass is 511 g/mol. The molecule has 13 heteroatoms. The Labute approximate surface area is 202 Å². The Morgan fingerprint density at radius 3 is 2.66 bits per heavy atom.